The quantitative estimate of drug-likeness (QED) is 0.261. The van der Waals surface area contributed by atoms with Crippen molar-refractivity contribution in [3.63, 3.8) is 0 Å². The number of amides is 4. The summed E-state index contributed by atoms with van der Waals surface area (Å²) in [6.07, 6.45) is 2.24. The summed E-state index contributed by atoms with van der Waals surface area (Å²) in [5, 5.41) is 9.63. The van der Waals surface area contributed by atoms with Gasteiger partial charge in [0.1, 0.15) is 23.4 Å². The third kappa shape index (κ3) is 5.58. The van der Waals surface area contributed by atoms with Crippen molar-refractivity contribution in [2.24, 2.45) is 11.1 Å². The minimum Gasteiger partial charge on any atom is -0.390 e. The zero-order chi connectivity index (χ0) is 31.4. The molecule has 4 atom stereocenters. The normalized spacial score (nSPS) is 25.4. The second-order valence-corrected chi connectivity index (χ2v) is 15.0. The first-order valence-electron chi connectivity index (χ1n) is 14.9. The number of benzene rings is 2. The van der Waals surface area contributed by atoms with Crippen LogP contribution in [0.1, 0.15) is 57.6 Å². The van der Waals surface area contributed by atoms with Gasteiger partial charge in [0, 0.05) is 29.0 Å². The van der Waals surface area contributed by atoms with E-state index >= 15 is 0 Å². The summed E-state index contributed by atoms with van der Waals surface area (Å²) >= 11 is 0. The van der Waals surface area contributed by atoms with Crippen LogP contribution in [0.25, 0.3) is 11.1 Å². The molecule has 4 amide bonds. The van der Waals surface area contributed by atoms with E-state index < -0.39 is 62.3 Å². The number of carbonyl (C=O) groups excluding carboxylic acids is 3. The minimum absolute atomic E-state index is 0.0835. The zero-order valence-corrected chi connectivity index (χ0v) is 25.8. The summed E-state index contributed by atoms with van der Waals surface area (Å²) in [6, 6.07) is 14.4. The Bertz CT molecular complexity index is 1630. The monoisotopic (exact) mass is 619 g/mol. The molecule has 3 aliphatic carbocycles. The molecule has 11 nitrogen and oxygen atoms in total. The van der Waals surface area contributed by atoms with Gasteiger partial charge in [-0.25, -0.2) is 13.2 Å². The van der Waals surface area contributed by atoms with Crippen molar-refractivity contribution in [3.05, 3.63) is 72.3 Å². The van der Waals surface area contributed by atoms with Crippen molar-refractivity contribution in [1.29, 1.82) is 0 Å². The van der Waals surface area contributed by atoms with E-state index in [1.165, 1.54) is 11.0 Å². The lowest BCUT2D eigenvalue weighted by molar-refractivity contribution is -0.131. The van der Waals surface area contributed by atoms with Crippen molar-refractivity contribution in [3.8, 4) is 11.1 Å². The van der Waals surface area contributed by atoms with Gasteiger partial charge in [0.2, 0.25) is 15.9 Å². The first kappa shape index (κ1) is 29.9. The first-order chi connectivity index (χ1) is 20.8. The van der Waals surface area contributed by atoms with Crippen molar-refractivity contribution in [2.75, 3.05) is 6.54 Å². The third-order valence-electron chi connectivity index (χ3n) is 8.50. The topological polar surface area (TPSA) is 146 Å². The predicted octanol–water partition coefficient (Wildman–Crippen LogP) is 3.06. The number of urea groups is 1. The van der Waals surface area contributed by atoms with Crippen LogP contribution >= 0.6 is 0 Å². The summed E-state index contributed by atoms with van der Waals surface area (Å²) in [5.41, 5.74) is 2.61. The molecule has 0 radical (unpaired) electrons. The van der Waals surface area contributed by atoms with Gasteiger partial charge in [-0.05, 0) is 51.2 Å². The Labute approximate surface area is 257 Å². The first-order valence-corrected chi connectivity index (χ1v) is 16.4. The summed E-state index contributed by atoms with van der Waals surface area (Å²) in [6.45, 7) is 9.34. The van der Waals surface area contributed by atoms with Gasteiger partial charge in [0.25, 0.3) is 5.91 Å². The van der Waals surface area contributed by atoms with Crippen molar-refractivity contribution >= 4 is 33.6 Å². The van der Waals surface area contributed by atoms with Crippen molar-refractivity contribution < 1.29 is 27.6 Å². The molecule has 232 valence electrons. The lowest BCUT2D eigenvalue weighted by Crippen LogP contribution is -2.58. The van der Waals surface area contributed by atoms with E-state index in [0.717, 1.165) is 22.3 Å². The maximum Gasteiger partial charge on any atom is 0.318 e. The number of hydrogen-bond donors (Lipinski definition) is 3. The van der Waals surface area contributed by atoms with Crippen LogP contribution in [0.4, 0.5) is 4.79 Å². The van der Waals surface area contributed by atoms with Gasteiger partial charge in [-0.15, -0.1) is 6.58 Å². The maximum atomic E-state index is 13.8. The molecule has 3 N–H and O–H groups in total. The van der Waals surface area contributed by atoms with Crippen molar-refractivity contribution in [1.82, 2.24) is 20.3 Å². The molecule has 3 fully saturated rings. The third-order valence-corrected chi connectivity index (χ3v) is 10.3. The summed E-state index contributed by atoms with van der Waals surface area (Å²) in [4.78, 5) is 47.8. The van der Waals surface area contributed by atoms with Crippen LogP contribution in [0.5, 0.6) is 0 Å². The summed E-state index contributed by atoms with van der Waals surface area (Å²) in [5.74, 6) is -1.81. The van der Waals surface area contributed by atoms with Gasteiger partial charge >= 0.3 is 6.03 Å². The number of nitrogens with zero attached hydrogens (tertiary/aromatic N) is 2. The number of hydrogen-bond acceptors (Lipinski definition) is 7. The molecule has 44 heavy (non-hydrogen) atoms. The zero-order valence-electron chi connectivity index (χ0n) is 25.0. The highest BCUT2D eigenvalue weighted by Crippen LogP contribution is 2.45. The Balaban J connectivity index is 1.23. The van der Waals surface area contributed by atoms with Gasteiger partial charge < -0.3 is 20.4 Å². The standard InChI is InChI=1S/C32H37N5O6S/c1-5-19-17-32(19,29(39)36-44(41,42)21-14-15-21)33-28(38)26-16-20(18-37(26)30(40)34-31(2,3)4)43-35-27-24-12-8-6-10-22(24)23-11-7-9-13-25(23)27/h5-13,19-21,26H,1,14-18H2,2-4H3,(H,33,38)(H,34,40)(H,36,39)/t19-,20?,26?,32+/m1/s1. The number of likely N-dealkylation sites (tertiary alicyclic amines) is 1. The van der Waals surface area contributed by atoms with Crippen molar-refractivity contribution in [2.45, 2.75) is 74.9 Å². The Morgan fingerprint density at radius 2 is 1.61 bits per heavy atom. The van der Waals surface area contributed by atoms with Crippen LogP contribution in [0, 0.1) is 5.92 Å². The molecule has 0 spiro atoms. The molecule has 2 aromatic carbocycles. The number of rotatable bonds is 8. The van der Waals surface area contributed by atoms with E-state index in [-0.39, 0.29) is 19.4 Å². The molecule has 2 unspecified atom stereocenters. The van der Waals surface area contributed by atoms with Gasteiger partial charge in [-0.2, -0.15) is 0 Å². The van der Waals surface area contributed by atoms with E-state index in [2.05, 4.69) is 27.1 Å². The number of carbonyl (C=O) groups is 3. The Hall–Kier alpha value is -4.19. The van der Waals surface area contributed by atoms with Gasteiger partial charge in [0.05, 0.1) is 11.8 Å². The molecule has 6 rings (SSSR count). The number of fused-ring (bicyclic) bond motifs is 3. The van der Waals surface area contributed by atoms with Crippen LogP contribution in [0.2, 0.25) is 0 Å². The summed E-state index contributed by atoms with van der Waals surface area (Å²) in [7, 11) is -3.82. The highest BCUT2D eigenvalue weighted by atomic mass is 32.2. The fourth-order valence-corrected chi connectivity index (χ4v) is 7.34. The van der Waals surface area contributed by atoms with E-state index in [4.69, 9.17) is 4.84 Å². The molecule has 0 bridgehead atoms. The van der Waals surface area contributed by atoms with E-state index in [1.54, 1.807) is 0 Å². The molecule has 4 aliphatic rings. The average Bonchev–Trinajstić information content (AvgIpc) is 3.87. The Morgan fingerprint density at radius 1 is 1.02 bits per heavy atom. The molecule has 2 saturated carbocycles. The van der Waals surface area contributed by atoms with E-state index in [1.807, 2.05) is 69.3 Å². The number of oxime groups is 1. The smallest absolute Gasteiger partial charge is 0.318 e. The van der Waals surface area contributed by atoms with Gasteiger partial charge in [0.15, 0.2) is 0 Å². The largest absolute Gasteiger partial charge is 0.390 e. The molecule has 2 aromatic rings. The fourth-order valence-electron chi connectivity index (χ4n) is 5.98. The second kappa shape index (κ2) is 10.8. The predicted molar refractivity (Wildman–Crippen MR) is 165 cm³/mol. The fraction of sp³-hybridized carbons (Fsp3) is 0.438. The highest BCUT2D eigenvalue weighted by Gasteiger charge is 2.62. The number of sulfonamides is 1. The van der Waals surface area contributed by atoms with E-state index in [0.29, 0.717) is 18.6 Å². The lowest BCUT2D eigenvalue weighted by Gasteiger charge is -2.30. The van der Waals surface area contributed by atoms with Crippen LogP contribution in [-0.4, -0.2) is 71.9 Å². The maximum absolute atomic E-state index is 13.8. The SMILES string of the molecule is C=C[C@@H]1C[C@@]1(NC(=O)C1CC(ON=C2c3ccccc3-c3ccccc32)CN1C(=O)NC(C)(C)C)C(=O)NS(=O)(=O)C1CC1. The summed E-state index contributed by atoms with van der Waals surface area (Å²) < 4.78 is 27.2. The highest BCUT2D eigenvalue weighted by molar-refractivity contribution is 7.91. The minimum atomic E-state index is -3.82. The van der Waals surface area contributed by atoms with E-state index in [9.17, 15) is 22.8 Å². The second-order valence-electron chi connectivity index (χ2n) is 13.0. The Kier molecular flexibility index (Phi) is 7.30. The van der Waals surface area contributed by atoms with Crippen LogP contribution in [-0.2, 0) is 24.4 Å². The number of nitrogens with one attached hydrogen (secondary N) is 3. The molecular weight excluding hydrogens is 582 g/mol. The molecule has 1 heterocycles. The van der Waals surface area contributed by atoms with Gasteiger partial charge in [-0.1, -0.05) is 59.8 Å². The molecule has 1 saturated heterocycles. The van der Waals surface area contributed by atoms with Crippen LogP contribution < -0.4 is 15.4 Å². The molecule has 0 aromatic heterocycles. The molecular formula is C32H37N5O6S. The average molecular weight is 620 g/mol. The molecule has 12 heteroatoms. The van der Waals surface area contributed by atoms with Crippen LogP contribution in [0.3, 0.4) is 0 Å². The van der Waals surface area contributed by atoms with Crippen LogP contribution in [0.15, 0.2) is 66.3 Å². The molecule has 1 aliphatic heterocycles. The van der Waals surface area contributed by atoms with Gasteiger partial charge in [-0.3, -0.25) is 14.3 Å². The lowest BCUT2D eigenvalue weighted by atomic mass is 10.1. The Morgan fingerprint density at radius 3 is 2.14 bits per heavy atom.